The van der Waals surface area contributed by atoms with Crippen LogP contribution >= 0.6 is 0 Å². The molecule has 230 valence electrons. The second-order valence-electron chi connectivity index (χ2n) is 11.5. The molecule has 6 rings (SSSR count). The summed E-state index contributed by atoms with van der Waals surface area (Å²) in [5, 5.41) is 12.5. The van der Waals surface area contributed by atoms with Gasteiger partial charge in [0.15, 0.2) is 11.5 Å². The summed E-state index contributed by atoms with van der Waals surface area (Å²) in [7, 11) is 7.37. The number of ether oxygens (including phenoxy) is 6. The highest BCUT2D eigenvalue weighted by atomic mass is 16.6. The monoisotopic (exact) mass is 594 g/mol. The molecule has 1 saturated carbocycles. The number of aliphatic hydroxyl groups excluding tert-OH is 1. The van der Waals surface area contributed by atoms with Crippen LogP contribution in [-0.4, -0.2) is 87.8 Å². The quantitative estimate of drug-likeness (QED) is 0.392. The lowest BCUT2D eigenvalue weighted by atomic mass is 9.64. The highest BCUT2D eigenvalue weighted by molar-refractivity contribution is 5.92. The molecule has 2 aliphatic heterocycles. The summed E-state index contributed by atoms with van der Waals surface area (Å²) in [5.41, 5.74) is 3.60. The van der Waals surface area contributed by atoms with Crippen LogP contribution in [0.3, 0.4) is 0 Å². The first kappa shape index (κ1) is 29.1. The topological polar surface area (TPSA) is 129 Å². The van der Waals surface area contributed by atoms with E-state index in [1.54, 1.807) is 7.11 Å². The molecular weight excluding hydrogens is 556 g/mol. The van der Waals surface area contributed by atoms with Gasteiger partial charge < -0.3 is 38.5 Å². The van der Waals surface area contributed by atoms with Crippen molar-refractivity contribution in [3.63, 3.8) is 0 Å². The zero-order valence-electron chi connectivity index (χ0n) is 25.0. The number of nitrogens with zero attached hydrogens (tertiary/aromatic N) is 1. The Kier molecular flexibility index (Phi) is 7.87. The van der Waals surface area contributed by atoms with Crippen molar-refractivity contribution in [1.29, 1.82) is 0 Å². The lowest BCUT2D eigenvalue weighted by Crippen LogP contribution is -2.58. The van der Waals surface area contributed by atoms with Crippen molar-refractivity contribution in [2.24, 2.45) is 17.8 Å². The summed E-state index contributed by atoms with van der Waals surface area (Å²) in [5.74, 6) is -0.460. The summed E-state index contributed by atoms with van der Waals surface area (Å²) in [6.45, 7) is 1.62. The number of piperidine rings is 1. The Morgan fingerprint density at radius 3 is 2.35 bits per heavy atom. The van der Waals surface area contributed by atoms with E-state index in [2.05, 4.69) is 16.0 Å². The van der Waals surface area contributed by atoms with Gasteiger partial charge in [0.25, 0.3) is 0 Å². The molecule has 2 fully saturated rings. The highest BCUT2D eigenvalue weighted by Crippen LogP contribution is 2.50. The molecule has 1 aliphatic carbocycles. The van der Waals surface area contributed by atoms with Crippen molar-refractivity contribution in [1.82, 2.24) is 9.88 Å². The van der Waals surface area contributed by atoms with Crippen molar-refractivity contribution in [3.05, 3.63) is 47.2 Å². The first-order chi connectivity index (χ1) is 20.8. The first-order valence-electron chi connectivity index (χ1n) is 14.5. The Morgan fingerprint density at radius 1 is 0.953 bits per heavy atom. The number of carbonyl (C=O) groups is 2. The highest BCUT2D eigenvalue weighted by Gasteiger charge is 2.54. The van der Waals surface area contributed by atoms with Crippen molar-refractivity contribution in [2.45, 2.75) is 37.5 Å². The fourth-order valence-electron chi connectivity index (χ4n) is 7.51. The van der Waals surface area contributed by atoms with Crippen LogP contribution in [0.4, 0.5) is 0 Å². The molecule has 0 bridgehead atoms. The zero-order valence-corrected chi connectivity index (χ0v) is 25.0. The Hall–Kier alpha value is -3.96. The Morgan fingerprint density at radius 2 is 1.70 bits per heavy atom. The largest absolute Gasteiger partial charge is 0.497 e. The molecule has 0 amide bonds. The van der Waals surface area contributed by atoms with Crippen LogP contribution < -0.4 is 18.9 Å². The van der Waals surface area contributed by atoms with Gasteiger partial charge in [-0.2, -0.15) is 0 Å². The van der Waals surface area contributed by atoms with E-state index < -0.39 is 30.1 Å². The van der Waals surface area contributed by atoms with Gasteiger partial charge in [-0.1, -0.05) is 0 Å². The molecule has 43 heavy (non-hydrogen) atoms. The fourth-order valence-corrected chi connectivity index (χ4v) is 7.51. The number of methoxy groups -OCH3 is 5. The predicted molar refractivity (Wildman–Crippen MR) is 156 cm³/mol. The number of nitrogens with one attached hydrogen (secondary N) is 1. The number of benzene rings is 2. The Labute approximate surface area is 249 Å². The number of aliphatic hydroxyl groups is 1. The van der Waals surface area contributed by atoms with E-state index in [0.29, 0.717) is 30.1 Å². The van der Waals surface area contributed by atoms with Gasteiger partial charge in [0.2, 0.25) is 5.75 Å². The molecule has 3 aliphatic rings. The normalized spacial score (nSPS) is 26.5. The van der Waals surface area contributed by atoms with E-state index in [4.69, 9.17) is 28.4 Å². The third-order valence-electron chi connectivity index (χ3n) is 9.49. The molecule has 0 spiro atoms. The van der Waals surface area contributed by atoms with E-state index in [-0.39, 0.29) is 23.4 Å². The van der Waals surface area contributed by atoms with Crippen LogP contribution in [0.1, 0.15) is 40.5 Å². The van der Waals surface area contributed by atoms with Crippen LogP contribution in [0.15, 0.2) is 30.3 Å². The van der Waals surface area contributed by atoms with Gasteiger partial charge >= 0.3 is 11.9 Å². The van der Waals surface area contributed by atoms with Gasteiger partial charge in [-0.3, -0.25) is 9.69 Å². The van der Waals surface area contributed by atoms with E-state index in [9.17, 15) is 14.7 Å². The molecule has 3 heterocycles. The lowest BCUT2D eigenvalue weighted by Gasteiger charge is -2.52. The SMILES string of the molecule is COC(=O)[C@H]1[C@H]2C[C@@H]3c4[nH]c5cc(OC)ccc5c4CCN3C[C@H]2C[C@@H](O)[C@@H]1OC(=O)c1cc(OC)c(OC)c(OC)c1. The molecule has 3 aromatic rings. The van der Waals surface area contributed by atoms with Crippen LogP contribution in [0, 0.1) is 17.8 Å². The molecule has 11 heteroatoms. The van der Waals surface area contributed by atoms with Gasteiger partial charge in [0, 0.05) is 35.8 Å². The van der Waals surface area contributed by atoms with E-state index >= 15 is 0 Å². The second-order valence-corrected chi connectivity index (χ2v) is 11.5. The van der Waals surface area contributed by atoms with Crippen LogP contribution in [0.5, 0.6) is 23.0 Å². The number of hydrogen-bond donors (Lipinski definition) is 2. The summed E-state index contributed by atoms with van der Waals surface area (Å²) in [6.07, 6.45) is -0.138. The van der Waals surface area contributed by atoms with Crippen molar-refractivity contribution in [2.75, 3.05) is 48.6 Å². The molecule has 1 saturated heterocycles. The predicted octanol–water partition coefficient (Wildman–Crippen LogP) is 3.52. The van der Waals surface area contributed by atoms with Gasteiger partial charge in [-0.05, 0) is 60.9 Å². The summed E-state index contributed by atoms with van der Waals surface area (Å²) in [6, 6.07) is 9.11. The zero-order chi connectivity index (χ0) is 30.4. The van der Waals surface area contributed by atoms with Gasteiger partial charge in [-0.25, -0.2) is 4.79 Å². The molecule has 0 radical (unpaired) electrons. The van der Waals surface area contributed by atoms with Gasteiger partial charge in [0.05, 0.1) is 59.2 Å². The minimum Gasteiger partial charge on any atom is -0.497 e. The van der Waals surface area contributed by atoms with Crippen molar-refractivity contribution in [3.8, 4) is 23.0 Å². The third kappa shape index (κ3) is 4.94. The number of fused-ring (bicyclic) bond motifs is 6. The molecule has 11 nitrogen and oxygen atoms in total. The maximum Gasteiger partial charge on any atom is 0.338 e. The molecule has 2 N–H and O–H groups in total. The van der Waals surface area contributed by atoms with E-state index in [0.717, 1.165) is 36.5 Å². The number of aromatic nitrogens is 1. The summed E-state index contributed by atoms with van der Waals surface area (Å²) >= 11 is 0. The number of carbonyl (C=O) groups excluding carboxylic acids is 2. The number of aromatic amines is 1. The van der Waals surface area contributed by atoms with Crippen LogP contribution in [-0.2, 0) is 20.7 Å². The average Bonchev–Trinajstić information content (AvgIpc) is 3.41. The molecule has 1 aromatic heterocycles. The molecule has 0 unspecified atom stereocenters. The number of hydrogen-bond acceptors (Lipinski definition) is 10. The molecular formula is C32H38N2O9. The summed E-state index contributed by atoms with van der Waals surface area (Å²) < 4.78 is 32.8. The second kappa shape index (κ2) is 11.6. The van der Waals surface area contributed by atoms with Crippen LogP contribution in [0.25, 0.3) is 10.9 Å². The van der Waals surface area contributed by atoms with Gasteiger partial charge in [0.1, 0.15) is 11.9 Å². The van der Waals surface area contributed by atoms with Gasteiger partial charge in [-0.15, -0.1) is 0 Å². The number of esters is 2. The minimum atomic E-state index is -1.08. The maximum atomic E-state index is 13.5. The number of rotatable bonds is 7. The van der Waals surface area contributed by atoms with E-state index in [1.165, 1.54) is 51.5 Å². The van der Waals surface area contributed by atoms with Crippen LogP contribution in [0.2, 0.25) is 0 Å². The van der Waals surface area contributed by atoms with Crippen molar-refractivity contribution >= 4 is 22.8 Å². The number of H-pyrrole nitrogens is 1. The smallest absolute Gasteiger partial charge is 0.338 e. The molecule has 6 atom stereocenters. The first-order valence-corrected chi connectivity index (χ1v) is 14.5. The minimum absolute atomic E-state index is 0.0394. The Balaban J connectivity index is 1.31. The maximum absolute atomic E-state index is 13.5. The Bertz CT molecular complexity index is 1510. The average molecular weight is 595 g/mol. The standard InChI is InChI=1S/C32H38N2O9/c1-38-18-6-7-19-20-8-9-34-15-17-10-24(35)29(43-31(36)16-11-25(39-2)30(41-4)26(12-16)40-3)27(32(37)42-5)21(17)14-23(34)28(20)33-22(19)13-18/h6-7,11-13,17,21,23-24,27,29,33,35H,8-10,14-15H2,1-5H3/t17-,21+,23-,24-,27+,29+/m1/s1. The molecule has 2 aromatic carbocycles. The van der Waals surface area contributed by atoms with Crippen molar-refractivity contribution < 1.29 is 43.1 Å². The lowest BCUT2D eigenvalue weighted by molar-refractivity contribution is -0.172. The summed E-state index contributed by atoms with van der Waals surface area (Å²) in [4.78, 5) is 33.0. The third-order valence-corrected chi connectivity index (χ3v) is 9.49. The fraction of sp³-hybridized carbons (Fsp3) is 0.500. The van der Waals surface area contributed by atoms with E-state index in [1.807, 2.05) is 12.1 Å².